The lowest BCUT2D eigenvalue weighted by Gasteiger charge is -2.29. The van der Waals surface area contributed by atoms with Crippen molar-refractivity contribution in [1.82, 2.24) is 25.0 Å². The van der Waals surface area contributed by atoms with Gasteiger partial charge in [-0.15, -0.1) is 5.10 Å². The van der Waals surface area contributed by atoms with E-state index in [2.05, 4.69) is 15.4 Å². The Morgan fingerprint density at radius 2 is 2.25 bits per heavy atom. The van der Waals surface area contributed by atoms with Crippen LogP contribution in [0.25, 0.3) is 0 Å². The van der Waals surface area contributed by atoms with Crippen LogP contribution >= 0.6 is 11.6 Å². The topological polar surface area (TPSA) is 78.1 Å². The minimum Gasteiger partial charge on any atom is -0.362 e. The molecule has 0 bridgehead atoms. The lowest BCUT2D eigenvalue weighted by molar-refractivity contribution is -0.0424. The highest BCUT2D eigenvalue weighted by atomic mass is 35.5. The van der Waals surface area contributed by atoms with Crippen LogP contribution in [-0.2, 0) is 17.7 Å². The third-order valence-electron chi connectivity index (χ3n) is 4.45. The van der Waals surface area contributed by atoms with Gasteiger partial charge in [0.2, 0.25) is 0 Å². The molecule has 1 unspecified atom stereocenters. The van der Waals surface area contributed by atoms with E-state index in [1.54, 1.807) is 6.20 Å². The van der Waals surface area contributed by atoms with Crippen LogP contribution in [0.15, 0.2) is 11.0 Å². The number of fused-ring (bicyclic) bond motifs is 1. The van der Waals surface area contributed by atoms with Crippen LogP contribution in [0.3, 0.4) is 0 Å². The number of anilines is 1. The quantitative estimate of drug-likeness (QED) is 0.813. The number of nitrogens with zero attached hydrogens (tertiary/aromatic N) is 6. The fourth-order valence-electron chi connectivity index (χ4n) is 3.16. The molecule has 1 atom stereocenters. The molecule has 0 N–H and O–H groups in total. The third kappa shape index (κ3) is 2.57. The van der Waals surface area contributed by atoms with Gasteiger partial charge < -0.3 is 9.64 Å². The second-order valence-corrected chi connectivity index (χ2v) is 6.31. The molecular weight excluding hydrogens is 339 g/mol. The zero-order chi connectivity index (χ0) is 16.7. The fraction of sp³-hybridized carbons (Fsp3) is 0.571. The van der Waals surface area contributed by atoms with E-state index in [9.17, 15) is 9.28 Å². The van der Waals surface area contributed by atoms with Crippen molar-refractivity contribution in [1.29, 1.82) is 0 Å². The maximum atomic E-state index is 13.4. The van der Waals surface area contributed by atoms with Crippen molar-refractivity contribution in [2.75, 3.05) is 18.1 Å². The highest BCUT2D eigenvalue weighted by molar-refractivity contribution is 6.33. The highest BCUT2D eigenvalue weighted by Gasteiger charge is 2.27. The first-order chi connectivity index (χ1) is 11.6. The van der Waals surface area contributed by atoms with Gasteiger partial charge in [0.15, 0.2) is 6.23 Å². The van der Waals surface area contributed by atoms with Gasteiger partial charge in [0.25, 0.3) is 5.56 Å². The molecule has 2 aromatic rings. The van der Waals surface area contributed by atoms with Gasteiger partial charge in [-0.05, 0) is 24.5 Å². The highest BCUT2D eigenvalue weighted by Crippen LogP contribution is 2.28. The van der Waals surface area contributed by atoms with Crippen LogP contribution in [0.5, 0.6) is 0 Å². The van der Waals surface area contributed by atoms with Crippen LogP contribution in [-0.4, -0.2) is 38.1 Å². The summed E-state index contributed by atoms with van der Waals surface area (Å²) in [7, 11) is 0. The summed E-state index contributed by atoms with van der Waals surface area (Å²) in [5, 5.41) is 11.5. The first kappa shape index (κ1) is 15.5. The SMILES string of the molecule is O=c1c(Cl)c(N2CCc3c(nnn3F)C2)cnn1C1CCCCO1. The summed E-state index contributed by atoms with van der Waals surface area (Å²) >= 11 is 6.30. The van der Waals surface area contributed by atoms with Gasteiger partial charge in [-0.1, -0.05) is 21.0 Å². The van der Waals surface area contributed by atoms with Gasteiger partial charge >= 0.3 is 0 Å². The molecule has 0 spiro atoms. The second kappa shape index (κ2) is 6.14. The second-order valence-electron chi connectivity index (χ2n) is 5.93. The van der Waals surface area contributed by atoms with Crippen LogP contribution in [0.4, 0.5) is 10.2 Å². The maximum absolute atomic E-state index is 13.4. The summed E-state index contributed by atoms with van der Waals surface area (Å²) in [4.78, 5) is 14.7. The molecule has 0 aliphatic carbocycles. The van der Waals surface area contributed by atoms with Crippen molar-refractivity contribution in [3.8, 4) is 0 Å². The van der Waals surface area contributed by atoms with Gasteiger partial charge in [-0.2, -0.15) is 9.78 Å². The summed E-state index contributed by atoms with van der Waals surface area (Å²) in [6.07, 6.45) is 4.36. The minimum atomic E-state index is -0.374. The van der Waals surface area contributed by atoms with Crippen LogP contribution in [0.1, 0.15) is 36.9 Å². The summed E-state index contributed by atoms with van der Waals surface area (Å²) < 4.78 is 20.3. The lowest BCUT2D eigenvalue weighted by Crippen LogP contribution is -2.35. The Morgan fingerprint density at radius 3 is 3.04 bits per heavy atom. The predicted molar refractivity (Wildman–Crippen MR) is 83.6 cm³/mol. The molecule has 2 aliphatic heterocycles. The summed E-state index contributed by atoms with van der Waals surface area (Å²) in [5.41, 5.74) is 1.15. The molecule has 24 heavy (non-hydrogen) atoms. The number of hydrogen-bond donors (Lipinski definition) is 0. The standard InChI is InChI=1S/C14H16ClFN6O2/c15-13-11(20-5-4-10-9(8-20)18-19-22(10)16)7-17-21(14(13)23)12-3-1-2-6-24-12/h7,12H,1-6,8H2. The maximum Gasteiger partial charge on any atom is 0.290 e. The lowest BCUT2D eigenvalue weighted by atomic mass is 10.1. The van der Waals surface area contributed by atoms with E-state index in [0.717, 1.165) is 19.3 Å². The van der Waals surface area contributed by atoms with E-state index in [4.69, 9.17) is 16.3 Å². The van der Waals surface area contributed by atoms with E-state index < -0.39 is 0 Å². The minimum absolute atomic E-state index is 0.0928. The predicted octanol–water partition coefficient (Wildman–Crippen LogP) is 1.48. The molecule has 4 heterocycles. The van der Waals surface area contributed by atoms with Crippen molar-refractivity contribution in [2.45, 2.75) is 38.5 Å². The Hall–Kier alpha value is -2.00. The zero-order valence-corrected chi connectivity index (χ0v) is 13.6. The van der Waals surface area contributed by atoms with E-state index in [0.29, 0.717) is 48.1 Å². The van der Waals surface area contributed by atoms with Gasteiger partial charge in [0.05, 0.1) is 18.4 Å². The number of rotatable bonds is 2. The molecule has 8 nitrogen and oxygen atoms in total. The Bertz CT molecular complexity index is 816. The molecule has 2 aliphatic rings. The Labute approximate surface area is 141 Å². The van der Waals surface area contributed by atoms with E-state index in [1.165, 1.54) is 4.68 Å². The Balaban J connectivity index is 1.63. The molecule has 10 heteroatoms. The molecule has 0 saturated carbocycles. The summed E-state index contributed by atoms with van der Waals surface area (Å²) in [6, 6.07) is 0. The van der Waals surface area contributed by atoms with Gasteiger partial charge in [-0.25, -0.2) is 0 Å². The molecule has 2 aromatic heterocycles. The molecule has 0 radical (unpaired) electrons. The van der Waals surface area contributed by atoms with E-state index >= 15 is 0 Å². The molecule has 0 aromatic carbocycles. The third-order valence-corrected chi connectivity index (χ3v) is 4.81. The van der Waals surface area contributed by atoms with Crippen molar-refractivity contribution in [3.05, 3.63) is 33.0 Å². The zero-order valence-electron chi connectivity index (χ0n) is 12.9. The van der Waals surface area contributed by atoms with E-state index in [1.807, 2.05) is 4.90 Å². The first-order valence-corrected chi connectivity index (χ1v) is 8.26. The van der Waals surface area contributed by atoms with Gasteiger partial charge in [0, 0.05) is 19.6 Å². The number of aromatic nitrogens is 5. The van der Waals surface area contributed by atoms with Crippen LogP contribution in [0.2, 0.25) is 5.02 Å². The first-order valence-electron chi connectivity index (χ1n) is 7.88. The molecule has 128 valence electrons. The van der Waals surface area contributed by atoms with Crippen molar-refractivity contribution >= 4 is 17.3 Å². The van der Waals surface area contributed by atoms with Crippen molar-refractivity contribution in [2.24, 2.45) is 0 Å². The number of halogens is 2. The van der Waals surface area contributed by atoms with Crippen molar-refractivity contribution in [3.63, 3.8) is 0 Å². The van der Waals surface area contributed by atoms with Gasteiger partial charge in [-0.3, -0.25) is 4.79 Å². The Kier molecular flexibility index (Phi) is 3.97. The van der Waals surface area contributed by atoms with Crippen molar-refractivity contribution < 1.29 is 9.22 Å². The largest absolute Gasteiger partial charge is 0.362 e. The van der Waals surface area contributed by atoms with E-state index in [-0.39, 0.29) is 16.8 Å². The molecule has 1 fully saturated rings. The normalized spacial score (nSPS) is 20.9. The van der Waals surface area contributed by atoms with Crippen LogP contribution in [0, 0.1) is 0 Å². The Morgan fingerprint density at radius 1 is 1.38 bits per heavy atom. The number of hydrogen-bond acceptors (Lipinski definition) is 6. The molecule has 4 rings (SSSR count). The molecule has 0 amide bonds. The van der Waals surface area contributed by atoms with Crippen LogP contribution < -0.4 is 10.5 Å². The summed E-state index contributed by atoms with van der Waals surface area (Å²) in [5.74, 6) is 0. The average molecular weight is 355 g/mol. The molecule has 1 saturated heterocycles. The fourth-order valence-corrected chi connectivity index (χ4v) is 3.41. The average Bonchev–Trinajstić information content (AvgIpc) is 2.98. The smallest absolute Gasteiger partial charge is 0.290 e. The number of ether oxygens (including phenoxy) is 1. The van der Waals surface area contributed by atoms with Gasteiger partial charge in [0.1, 0.15) is 16.4 Å². The molecular formula is C14H16ClFN6O2. The summed E-state index contributed by atoms with van der Waals surface area (Å²) in [6.45, 7) is 1.46. The monoisotopic (exact) mass is 354 g/mol.